The van der Waals surface area contributed by atoms with Gasteiger partial charge in [-0.25, -0.2) is 4.39 Å². The number of nitrogens with one attached hydrogen (secondary N) is 1. The molecule has 1 aliphatic rings. The molecule has 0 bridgehead atoms. The van der Waals surface area contributed by atoms with Gasteiger partial charge in [0.05, 0.1) is 0 Å². The van der Waals surface area contributed by atoms with Crippen LogP contribution in [0.3, 0.4) is 0 Å². The molecule has 3 heteroatoms. The van der Waals surface area contributed by atoms with Gasteiger partial charge in [-0.05, 0) is 31.5 Å². The number of carbonyl (C=O) groups is 1. The molecule has 1 aromatic rings. The quantitative estimate of drug-likeness (QED) is 0.786. The highest BCUT2D eigenvalue weighted by Gasteiger charge is 2.27. The molecule has 0 atom stereocenters. The summed E-state index contributed by atoms with van der Waals surface area (Å²) in [7, 11) is 0. The fourth-order valence-electron chi connectivity index (χ4n) is 1.77. The molecule has 2 rings (SSSR count). The maximum atomic E-state index is 12.8. The first kappa shape index (κ1) is 10.9. The number of ketones is 1. The lowest BCUT2D eigenvalue weighted by Gasteiger charge is -2.29. The summed E-state index contributed by atoms with van der Waals surface area (Å²) < 4.78 is 12.8. The van der Waals surface area contributed by atoms with Crippen LogP contribution in [-0.2, 0) is 4.79 Å². The molecule has 1 aromatic carbocycles. The number of benzene rings is 1. The number of rotatable bonds is 1. The lowest BCUT2D eigenvalue weighted by Crippen LogP contribution is -2.41. The fourth-order valence-corrected chi connectivity index (χ4v) is 1.77. The topological polar surface area (TPSA) is 29.1 Å². The van der Waals surface area contributed by atoms with Crippen LogP contribution in [-0.4, -0.2) is 11.3 Å². The Hall–Kier alpha value is -1.64. The van der Waals surface area contributed by atoms with Crippen molar-refractivity contribution in [3.05, 3.63) is 41.8 Å². The van der Waals surface area contributed by atoms with Crippen molar-refractivity contribution in [3.8, 4) is 0 Å². The highest BCUT2D eigenvalue weighted by molar-refractivity contribution is 6.21. The highest BCUT2D eigenvalue weighted by atomic mass is 19.1. The summed E-state index contributed by atoms with van der Waals surface area (Å²) in [5.41, 5.74) is 1.19. The minimum Gasteiger partial charge on any atom is -0.385 e. The van der Waals surface area contributed by atoms with Crippen molar-refractivity contribution in [3.63, 3.8) is 0 Å². The van der Waals surface area contributed by atoms with Gasteiger partial charge in [0.1, 0.15) is 5.82 Å². The van der Waals surface area contributed by atoms with Gasteiger partial charge in [0, 0.05) is 23.7 Å². The highest BCUT2D eigenvalue weighted by Crippen LogP contribution is 2.25. The Kier molecular flexibility index (Phi) is 2.54. The first-order valence-electron chi connectivity index (χ1n) is 5.25. The fraction of sp³-hybridized carbons (Fsp3) is 0.308. The van der Waals surface area contributed by atoms with E-state index >= 15 is 0 Å². The summed E-state index contributed by atoms with van der Waals surface area (Å²) in [5, 5.41) is 3.18. The second-order valence-corrected chi connectivity index (χ2v) is 4.69. The van der Waals surface area contributed by atoms with E-state index in [4.69, 9.17) is 0 Å². The number of allylic oxidation sites excluding steroid dienone is 1. The monoisotopic (exact) mass is 219 g/mol. The second-order valence-electron chi connectivity index (χ2n) is 4.69. The van der Waals surface area contributed by atoms with Gasteiger partial charge < -0.3 is 5.32 Å². The summed E-state index contributed by atoms with van der Waals surface area (Å²) >= 11 is 0. The van der Waals surface area contributed by atoms with Crippen molar-refractivity contribution >= 4 is 11.4 Å². The van der Waals surface area contributed by atoms with E-state index in [-0.39, 0.29) is 17.1 Å². The molecule has 1 heterocycles. The standard InChI is InChI=1S/C13H14FNO/c1-13(2)7-12(16)11(8-15-13)9-3-5-10(14)6-4-9/h3-6,8,15H,7H2,1-2H3. The van der Waals surface area contributed by atoms with E-state index in [9.17, 15) is 9.18 Å². The van der Waals surface area contributed by atoms with Gasteiger partial charge in [0.2, 0.25) is 0 Å². The van der Waals surface area contributed by atoms with Crippen LogP contribution in [0.4, 0.5) is 4.39 Å². The molecule has 16 heavy (non-hydrogen) atoms. The zero-order valence-corrected chi connectivity index (χ0v) is 9.38. The lowest BCUT2D eigenvalue weighted by atomic mass is 9.88. The first-order chi connectivity index (χ1) is 7.48. The molecular formula is C13H14FNO. The molecule has 0 spiro atoms. The van der Waals surface area contributed by atoms with Gasteiger partial charge in [-0.2, -0.15) is 0 Å². The summed E-state index contributed by atoms with van der Waals surface area (Å²) in [6.45, 7) is 3.95. The molecule has 0 saturated heterocycles. The van der Waals surface area contributed by atoms with E-state index in [1.54, 1.807) is 18.3 Å². The summed E-state index contributed by atoms with van der Waals surface area (Å²) in [6.07, 6.45) is 2.18. The van der Waals surface area contributed by atoms with Crippen LogP contribution >= 0.6 is 0 Å². The molecule has 84 valence electrons. The summed E-state index contributed by atoms with van der Waals surface area (Å²) in [4.78, 5) is 11.9. The third kappa shape index (κ3) is 2.13. The largest absolute Gasteiger partial charge is 0.385 e. The number of carbonyl (C=O) groups excluding carboxylic acids is 1. The molecule has 0 unspecified atom stereocenters. The third-order valence-corrected chi connectivity index (χ3v) is 2.67. The predicted octanol–water partition coefficient (Wildman–Crippen LogP) is 2.51. The normalized spacial score (nSPS) is 18.9. The zero-order chi connectivity index (χ0) is 11.8. The Morgan fingerprint density at radius 1 is 1.25 bits per heavy atom. The summed E-state index contributed by atoms with van der Waals surface area (Å²) in [6, 6.07) is 5.98. The van der Waals surface area contributed by atoms with Gasteiger partial charge in [-0.3, -0.25) is 4.79 Å². The number of hydrogen-bond donors (Lipinski definition) is 1. The molecule has 1 N–H and O–H groups in total. The van der Waals surface area contributed by atoms with Crippen molar-refractivity contribution in [2.75, 3.05) is 0 Å². The maximum Gasteiger partial charge on any atom is 0.167 e. The van der Waals surface area contributed by atoms with E-state index in [0.29, 0.717) is 12.0 Å². The van der Waals surface area contributed by atoms with E-state index in [2.05, 4.69) is 5.32 Å². The van der Waals surface area contributed by atoms with Crippen LogP contribution in [0, 0.1) is 5.82 Å². The molecule has 0 saturated carbocycles. The van der Waals surface area contributed by atoms with E-state index < -0.39 is 0 Å². The van der Waals surface area contributed by atoms with Crippen molar-refractivity contribution in [2.45, 2.75) is 25.8 Å². The van der Waals surface area contributed by atoms with Crippen molar-refractivity contribution in [1.29, 1.82) is 0 Å². The third-order valence-electron chi connectivity index (χ3n) is 2.67. The van der Waals surface area contributed by atoms with Crippen LogP contribution < -0.4 is 5.32 Å². The van der Waals surface area contributed by atoms with Crippen molar-refractivity contribution in [2.24, 2.45) is 0 Å². The predicted molar refractivity (Wildman–Crippen MR) is 61.2 cm³/mol. The van der Waals surface area contributed by atoms with Crippen LogP contribution in [0.25, 0.3) is 5.57 Å². The first-order valence-corrected chi connectivity index (χ1v) is 5.25. The van der Waals surface area contributed by atoms with Crippen LogP contribution in [0.15, 0.2) is 30.5 Å². The number of hydrogen-bond acceptors (Lipinski definition) is 2. The Bertz CT molecular complexity index is 446. The van der Waals surface area contributed by atoms with Gasteiger partial charge in [-0.1, -0.05) is 12.1 Å². The molecule has 0 aliphatic carbocycles. The van der Waals surface area contributed by atoms with E-state index in [0.717, 1.165) is 5.56 Å². The van der Waals surface area contributed by atoms with E-state index in [1.807, 2.05) is 13.8 Å². The van der Waals surface area contributed by atoms with Gasteiger partial charge in [0.15, 0.2) is 5.78 Å². The molecular weight excluding hydrogens is 205 g/mol. The maximum absolute atomic E-state index is 12.8. The lowest BCUT2D eigenvalue weighted by molar-refractivity contribution is -0.115. The number of Topliss-reactive ketones (excluding diaryl/α,β-unsaturated/α-hetero) is 1. The minimum atomic E-state index is -0.291. The minimum absolute atomic E-state index is 0.0929. The molecule has 0 fully saturated rings. The molecule has 0 radical (unpaired) electrons. The Morgan fingerprint density at radius 2 is 1.88 bits per heavy atom. The number of halogens is 1. The Balaban J connectivity index is 2.32. The molecule has 0 amide bonds. The smallest absolute Gasteiger partial charge is 0.167 e. The van der Waals surface area contributed by atoms with Crippen LogP contribution in [0.5, 0.6) is 0 Å². The molecule has 0 aromatic heterocycles. The average molecular weight is 219 g/mol. The second kappa shape index (κ2) is 3.74. The van der Waals surface area contributed by atoms with Gasteiger partial charge in [0.25, 0.3) is 0 Å². The van der Waals surface area contributed by atoms with Crippen molar-refractivity contribution in [1.82, 2.24) is 5.32 Å². The Labute approximate surface area is 94.2 Å². The Morgan fingerprint density at radius 3 is 2.44 bits per heavy atom. The zero-order valence-electron chi connectivity index (χ0n) is 9.38. The molecule has 1 aliphatic heterocycles. The van der Waals surface area contributed by atoms with Crippen LogP contribution in [0.2, 0.25) is 0 Å². The van der Waals surface area contributed by atoms with Crippen molar-refractivity contribution < 1.29 is 9.18 Å². The SMILES string of the molecule is CC1(C)CC(=O)C(c2ccc(F)cc2)=CN1. The average Bonchev–Trinajstić information content (AvgIpc) is 2.19. The summed E-state index contributed by atoms with van der Waals surface area (Å²) in [5.74, 6) is -0.198. The molecule has 2 nitrogen and oxygen atoms in total. The van der Waals surface area contributed by atoms with E-state index in [1.165, 1.54) is 12.1 Å². The van der Waals surface area contributed by atoms with Gasteiger partial charge >= 0.3 is 0 Å². The van der Waals surface area contributed by atoms with Crippen LogP contribution in [0.1, 0.15) is 25.8 Å². The van der Waals surface area contributed by atoms with Gasteiger partial charge in [-0.15, -0.1) is 0 Å².